The van der Waals surface area contributed by atoms with Crippen molar-refractivity contribution in [3.63, 3.8) is 0 Å². The fraction of sp³-hybridized carbons (Fsp3) is 0.571. The van der Waals surface area contributed by atoms with Gasteiger partial charge < -0.3 is 15.4 Å². The maximum absolute atomic E-state index is 11.7. The number of hydrogen-bond acceptors (Lipinski definition) is 4. The lowest BCUT2D eigenvalue weighted by Gasteiger charge is -2.21. The maximum Gasteiger partial charge on any atom is 0.251 e. The predicted molar refractivity (Wildman–Crippen MR) is 74.7 cm³/mol. The molecule has 2 N–H and O–H groups in total. The SMILES string of the molecule is COC(C)(C)C(=O)NCCCNCc1cccnc1. The highest BCUT2D eigenvalue weighted by Crippen LogP contribution is 2.06. The zero-order valence-corrected chi connectivity index (χ0v) is 11.9. The molecular formula is C14H23N3O2. The third-order valence-corrected chi connectivity index (χ3v) is 2.92. The molecule has 0 aliphatic rings. The first kappa shape index (κ1) is 15.6. The molecule has 106 valence electrons. The van der Waals surface area contributed by atoms with Crippen molar-refractivity contribution in [2.75, 3.05) is 20.2 Å². The molecule has 0 aliphatic heterocycles. The maximum atomic E-state index is 11.7. The smallest absolute Gasteiger partial charge is 0.251 e. The molecule has 0 radical (unpaired) electrons. The number of ether oxygens (including phenoxy) is 1. The predicted octanol–water partition coefficient (Wildman–Crippen LogP) is 1.10. The highest BCUT2D eigenvalue weighted by Gasteiger charge is 2.25. The van der Waals surface area contributed by atoms with Gasteiger partial charge in [-0.05, 0) is 38.4 Å². The molecule has 1 amide bonds. The number of pyridine rings is 1. The molecule has 0 bridgehead atoms. The largest absolute Gasteiger partial charge is 0.369 e. The van der Waals surface area contributed by atoms with Crippen LogP contribution < -0.4 is 10.6 Å². The minimum atomic E-state index is -0.761. The summed E-state index contributed by atoms with van der Waals surface area (Å²) in [6, 6.07) is 3.95. The van der Waals surface area contributed by atoms with Gasteiger partial charge in [0.25, 0.3) is 5.91 Å². The Balaban J connectivity index is 2.07. The molecule has 1 heterocycles. The van der Waals surface area contributed by atoms with Crippen LogP contribution in [0.2, 0.25) is 0 Å². The van der Waals surface area contributed by atoms with E-state index in [1.54, 1.807) is 20.0 Å². The van der Waals surface area contributed by atoms with E-state index in [9.17, 15) is 4.79 Å². The molecule has 1 aromatic heterocycles. The van der Waals surface area contributed by atoms with Crippen molar-refractivity contribution < 1.29 is 9.53 Å². The van der Waals surface area contributed by atoms with E-state index in [1.165, 1.54) is 7.11 Å². The Morgan fingerprint density at radius 3 is 2.84 bits per heavy atom. The second kappa shape index (κ2) is 7.86. The highest BCUT2D eigenvalue weighted by atomic mass is 16.5. The summed E-state index contributed by atoms with van der Waals surface area (Å²) in [6.45, 7) is 5.80. The minimum absolute atomic E-state index is 0.0812. The summed E-state index contributed by atoms with van der Waals surface area (Å²) in [7, 11) is 1.54. The van der Waals surface area contributed by atoms with E-state index < -0.39 is 5.60 Å². The Hall–Kier alpha value is -1.46. The third kappa shape index (κ3) is 5.81. The quantitative estimate of drug-likeness (QED) is 0.691. The molecule has 0 aromatic carbocycles. The molecule has 0 unspecified atom stereocenters. The molecule has 0 aliphatic carbocycles. The van der Waals surface area contributed by atoms with Gasteiger partial charge in [0.15, 0.2) is 0 Å². The van der Waals surface area contributed by atoms with Crippen molar-refractivity contribution in [3.8, 4) is 0 Å². The van der Waals surface area contributed by atoms with E-state index in [0.29, 0.717) is 6.54 Å². The third-order valence-electron chi connectivity index (χ3n) is 2.92. The van der Waals surface area contributed by atoms with Crippen molar-refractivity contribution in [1.29, 1.82) is 0 Å². The molecule has 5 heteroatoms. The highest BCUT2D eigenvalue weighted by molar-refractivity contribution is 5.84. The average molecular weight is 265 g/mol. The number of carbonyl (C=O) groups is 1. The molecular weight excluding hydrogens is 242 g/mol. The lowest BCUT2D eigenvalue weighted by atomic mass is 10.1. The second-order valence-electron chi connectivity index (χ2n) is 4.86. The van der Waals surface area contributed by atoms with Crippen LogP contribution in [-0.4, -0.2) is 36.7 Å². The van der Waals surface area contributed by atoms with Crippen molar-refractivity contribution >= 4 is 5.91 Å². The molecule has 19 heavy (non-hydrogen) atoms. The molecule has 1 rings (SSSR count). The molecule has 0 saturated carbocycles. The number of amides is 1. The number of hydrogen-bond donors (Lipinski definition) is 2. The molecule has 1 aromatic rings. The van der Waals surface area contributed by atoms with Crippen molar-refractivity contribution in [3.05, 3.63) is 30.1 Å². The average Bonchev–Trinajstić information content (AvgIpc) is 2.43. The lowest BCUT2D eigenvalue weighted by Crippen LogP contribution is -2.44. The van der Waals surface area contributed by atoms with Crippen LogP contribution in [0.4, 0.5) is 0 Å². The molecule has 0 atom stereocenters. The van der Waals surface area contributed by atoms with E-state index in [0.717, 1.165) is 25.1 Å². The fourth-order valence-corrected chi connectivity index (χ4v) is 1.46. The van der Waals surface area contributed by atoms with Crippen LogP contribution in [0.1, 0.15) is 25.8 Å². The summed E-state index contributed by atoms with van der Waals surface area (Å²) in [6.07, 6.45) is 4.48. The Labute approximate surface area is 114 Å². The summed E-state index contributed by atoms with van der Waals surface area (Å²) in [5.74, 6) is -0.0812. The van der Waals surface area contributed by atoms with E-state index in [1.807, 2.05) is 18.3 Å². The zero-order valence-electron chi connectivity index (χ0n) is 11.9. The molecule has 0 spiro atoms. The van der Waals surface area contributed by atoms with Crippen LogP contribution in [-0.2, 0) is 16.1 Å². The number of nitrogens with zero attached hydrogens (tertiary/aromatic N) is 1. The Morgan fingerprint density at radius 1 is 1.42 bits per heavy atom. The first-order valence-electron chi connectivity index (χ1n) is 6.49. The van der Waals surface area contributed by atoms with Crippen LogP contribution in [0.3, 0.4) is 0 Å². The van der Waals surface area contributed by atoms with Gasteiger partial charge in [-0.1, -0.05) is 6.07 Å². The summed E-state index contributed by atoms with van der Waals surface area (Å²) in [5.41, 5.74) is 0.399. The van der Waals surface area contributed by atoms with Gasteiger partial charge in [0.1, 0.15) is 5.60 Å². The van der Waals surface area contributed by atoms with E-state index in [4.69, 9.17) is 4.74 Å². The number of nitrogens with one attached hydrogen (secondary N) is 2. The van der Waals surface area contributed by atoms with Crippen molar-refractivity contribution in [2.24, 2.45) is 0 Å². The van der Waals surface area contributed by atoms with Gasteiger partial charge in [-0.2, -0.15) is 0 Å². The Kier molecular flexibility index (Phi) is 6.45. The molecule has 0 saturated heterocycles. The number of rotatable bonds is 8. The summed E-state index contributed by atoms with van der Waals surface area (Å²) >= 11 is 0. The second-order valence-corrected chi connectivity index (χ2v) is 4.86. The summed E-state index contributed by atoms with van der Waals surface area (Å²) in [5, 5.41) is 6.16. The number of aromatic nitrogens is 1. The lowest BCUT2D eigenvalue weighted by molar-refractivity contribution is -0.139. The number of methoxy groups -OCH3 is 1. The Bertz CT molecular complexity index is 380. The van der Waals surface area contributed by atoms with Crippen molar-refractivity contribution in [1.82, 2.24) is 15.6 Å². The minimum Gasteiger partial charge on any atom is -0.369 e. The van der Waals surface area contributed by atoms with E-state index in [-0.39, 0.29) is 5.91 Å². The summed E-state index contributed by atoms with van der Waals surface area (Å²) in [4.78, 5) is 15.7. The van der Waals surface area contributed by atoms with Crippen LogP contribution in [0.5, 0.6) is 0 Å². The first-order chi connectivity index (χ1) is 9.06. The van der Waals surface area contributed by atoms with Gasteiger partial charge >= 0.3 is 0 Å². The Morgan fingerprint density at radius 2 is 2.21 bits per heavy atom. The number of carbonyl (C=O) groups excluding carboxylic acids is 1. The van der Waals surface area contributed by atoms with Gasteiger partial charge in [0.2, 0.25) is 0 Å². The van der Waals surface area contributed by atoms with Crippen LogP contribution in [0.25, 0.3) is 0 Å². The topological polar surface area (TPSA) is 63.2 Å². The van der Waals surface area contributed by atoms with Gasteiger partial charge in [-0.15, -0.1) is 0 Å². The summed E-state index contributed by atoms with van der Waals surface area (Å²) < 4.78 is 5.10. The molecule has 5 nitrogen and oxygen atoms in total. The monoisotopic (exact) mass is 265 g/mol. The van der Waals surface area contributed by atoms with Crippen LogP contribution >= 0.6 is 0 Å². The standard InChI is InChI=1S/C14H23N3O2/c1-14(2,19-3)13(18)17-9-5-8-16-11-12-6-4-7-15-10-12/h4,6-7,10,16H,5,8-9,11H2,1-3H3,(H,17,18). The first-order valence-corrected chi connectivity index (χ1v) is 6.49. The van der Waals surface area contributed by atoms with Gasteiger partial charge in [0.05, 0.1) is 0 Å². The normalized spacial score (nSPS) is 11.3. The van der Waals surface area contributed by atoms with E-state index in [2.05, 4.69) is 15.6 Å². The van der Waals surface area contributed by atoms with E-state index >= 15 is 0 Å². The zero-order chi connectivity index (χ0) is 14.1. The van der Waals surface area contributed by atoms with Gasteiger partial charge in [-0.3, -0.25) is 9.78 Å². The van der Waals surface area contributed by atoms with Crippen LogP contribution in [0, 0.1) is 0 Å². The van der Waals surface area contributed by atoms with Gasteiger partial charge in [-0.25, -0.2) is 0 Å². The fourth-order valence-electron chi connectivity index (χ4n) is 1.46. The van der Waals surface area contributed by atoms with Crippen molar-refractivity contribution in [2.45, 2.75) is 32.4 Å². The van der Waals surface area contributed by atoms with Gasteiger partial charge in [0, 0.05) is 32.6 Å². The van der Waals surface area contributed by atoms with Crippen LogP contribution in [0.15, 0.2) is 24.5 Å². The molecule has 0 fully saturated rings.